The fourth-order valence-corrected chi connectivity index (χ4v) is 1.54. The van der Waals surface area contributed by atoms with E-state index in [2.05, 4.69) is 0 Å². The molecule has 0 heterocycles. The lowest BCUT2D eigenvalue weighted by Gasteiger charge is -2.08. The Balaban J connectivity index is 2.60. The average Bonchev–Trinajstić information content (AvgIpc) is 2.83. The van der Waals surface area contributed by atoms with Crippen molar-refractivity contribution in [2.45, 2.75) is 18.3 Å². The number of nitriles is 1. The van der Waals surface area contributed by atoms with Crippen molar-refractivity contribution in [2.75, 3.05) is 0 Å². The molecule has 0 atom stereocenters. The maximum Gasteiger partial charge on any atom is 0.133 e. The molecule has 0 amide bonds. The van der Waals surface area contributed by atoms with Crippen LogP contribution in [0.4, 0.5) is 13.2 Å². The summed E-state index contributed by atoms with van der Waals surface area (Å²) in [4.78, 5) is 0. The highest BCUT2D eigenvalue weighted by molar-refractivity contribution is 5.40. The van der Waals surface area contributed by atoms with Gasteiger partial charge in [-0.1, -0.05) is 0 Å². The number of halogens is 3. The summed E-state index contributed by atoms with van der Waals surface area (Å²) in [5.41, 5.74) is -1.34. The minimum Gasteiger partial charge on any atom is -0.207 e. The molecule has 0 aromatic heterocycles. The molecule has 1 aromatic carbocycles. The number of hydrogen-bond donors (Lipinski definition) is 0. The van der Waals surface area contributed by atoms with Gasteiger partial charge in [-0.05, 0) is 12.8 Å². The van der Waals surface area contributed by atoms with E-state index in [1.807, 2.05) is 6.07 Å². The number of hydrogen-bond acceptors (Lipinski definition) is 1. The molecule has 0 unspecified atom stereocenters. The van der Waals surface area contributed by atoms with Gasteiger partial charge in [0.25, 0.3) is 0 Å². The number of rotatable bonds is 1. The maximum atomic E-state index is 13.2. The van der Waals surface area contributed by atoms with E-state index in [-0.39, 0.29) is 5.56 Å². The van der Waals surface area contributed by atoms with E-state index in [0.717, 1.165) is 0 Å². The third-order valence-corrected chi connectivity index (χ3v) is 2.45. The molecular weight excluding hydrogens is 191 g/mol. The normalized spacial score (nSPS) is 17.6. The molecule has 0 N–H and O–H groups in total. The predicted molar refractivity (Wildman–Crippen MR) is 42.8 cm³/mol. The first-order chi connectivity index (χ1) is 6.59. The molecule has 1 aliphatic rings. The Morgan fingerprint density at radius 2 is 1.64 bits per heavy atom. The molecule has 1 nitrogen and oxygen atoms in total. The van der Waals surface area contributed by atoms with Crippen LogP contribution in [0.3, 0.4) is 0 Å². The smallest absolute Gasteiger partial charge is 0.133 e. The average molecular weight is 197 g/mol. The largest absolute Gasteiger partial charge is 0.207 e. The minimum absolute atomic E-state index is 0.290. The Hall–Kier alpha value is -1.50. The molecule has 14 heavy (non-hydrogen) atoms. The van der Waals surface area contributed by atoms with Gasteiger partial charge in [0.2, 0.25) is 0 Å². The molecule has 4 heteroatoms. The van der Waals surface area contributed by atoms with Gasteiger partial charge in [-0.25, -0.2) is 13.2 Å². The fraction of sp³-hybridized carbons (Fsp3) is 0.300. The minimum atomic E-state index is -1.05. The van der Waals surface area contributed by atoms with Crippen LogP contribution < -0.4 is 0 Å². The van der Waals surface area contributed by atoms with E-state index in [4.69, 9.17) is 5.26 Å². The topological polar surface area (TPSA) is 23.8 Å². The predicted octanol–water partition coefficient (Wildman–Crippen LogP) is 2.66. The van der Waals surface area contributed by atoms with Crippen LogP contribution in [-0.2, 0) is 5.41 Å². The van der Waals surface area contributed by atoms with E-state index in [1.165, 1.54) is 0 Å². The van der Waals surface area contributed by atoms with Crippen molar-refractivity contribution in [2.24, 2.45) is 0 Å². The standard InChI is InChI=1S/C10H6F3N/c11-6-3-7(12)9(8(13)4-6)10(5-14)1-2-10/h3-4H,1-2H2. The Morgan fingerprint density at radius 1 is 1.14 bits per heavy atom. The van der Waals surface area contributed by atoms with Crippen molar-refractivity contribution < 1.29 is 13.2 Å². The van der Waals surface area contributed by atoms with E-state index >= 15 is 0 Å². The van der Waals surface area contributed by atoms with Gasteiger partial charge in [0, 0.05) is 17.7 Å². The molecule has 1 saturated carbocycles. The summed E-state index contributed by atoms with van der Waals surface area (Å²) >= 11 is 0. The second-order valence-corrected chi connectivity index (χ2v) is 3.44. The van der Waals surface area contributed by atoms with Crippen LogP contribution in [-0.4, -0.2) is 0 Å². The lowest BCUT2D eigenvalue weighted by molar-refractivity contribution is 0.514. The van der Waals surface area contributed by atoms with Gasteiger partial charge >= 0.3 is 0 Å². The third kappa shape index (κ3) is 1.17. The third-order valence-electron chi connectivity index (χ3n) is 2.45. The van der Waals surface area contributed by atoms with E-state index < -0.39 is 22.9 Å². The second kappa shape index (κ2) is 2.74. The van der Waals surface area contributed by atoms with Gasteiger partial charge < -0.3 is 0 Å². The monoisotopic (exact) mass is 197 g/mol. The lowest BCUT2D eigenvalue weighted by atomic mass is 9.96. The molecule has 0 radical (unpaired) electrons. The second-order valence-electron chi connectivity index (χ2n) is 3.44. The molecule has 72 valence electrons. The van der Waals surface area contributed by atoms with Crippen LogP contribution in [0.5, 0.6) is 0 Å². The number of nitrogens with zero attached hydrogens (tertiary/aromatic N) is 1. The van der Waals surface area contributed by atoms with Gasteiger partial charge in [0.05, 0.1) is 11.5 Å². The van der Waals surface area contributed by atoms with Crippen LogP contribution in [0.2, 0.25) is 0 Å². The SMILES string of the molecule is N#CC1(c2c(F)cc(F)cc2F)CC1. The molecule has 0 bridgehead atoms. The zero-order valence-electron chi connectivity index (χ0n) is 7.15. The van der Waals surface area contributed by atoms with Gasteiger partial charge in [-0.2, -0.15) is 5.26 Å². The van der Waals surface area contributed by atoms with Crippen LogP contribution in [0.15, 0.2) is 12.1 Å². The number of benzene rings is 1. The van der Waals surface area contributed by atoms with Crippen LogP contribution in [0, 0.1) is 28.8 Å². The zero-order valence-corrected chi connectivity index (χ0v) is 7.15. The van der Waals surface area contributed by atoms with Crippen molar-refractivity contribution in [3.8, 4) is 6.07 Å². The molecule has 1 aromatic rings. The molecule has 0 spiro atoms. The molecule has 1 aliphatic carbocycles. The molecule has 0 aliphatic heterocycles. The maximum absolute atomic E-state index is 13.2. The zero-order chi connectivity index (χ0) is 10.3. The van der Waals surface area contributed by atoms with Crippen molar-refractivity contribution in [3.05, 3.63) is 35.1 Å². The molecule has 2 rings (SSSR count). The highest BCUT2D eigenvalue weighted by Gasteiger charge is 2.48. The van der Waals surface area contributed by atoms with Gasteiger partial charge in [-0.15, -0.1) is 0 Å². The first-order valence-electron chi connectivity index (χ1n) is 4.15. The van der Waals surface area contributed by atoms with Crippen LogP contribution in [0.25, 0.3) is 0 Å². The summed E-state index contributed by atoms with van der Waals surface area (Å²) in [5, 5.41) is 8.75. The van der Waals surface area contributed by atoms with Crippen molar-refractivity contribution in [3.63, 3.8) is 0 Å². The summed E-state index contributed by atoms with van der Waals surface area (Å²) in [6.45, 7) is 0. The van der Waals surface area contributed by atoms with Gasteiger partial charge in [0.15, 0.2) is 0 Å². The van der Waals surface area contributed by atoms with E-state index in [0.29, 0.717) is 25.0 Å². The molecule has 0 saturated heterocycles. The molecule has 1 fully saturated rings. The first-order valence-corrected chi connectivity index (χ1v) is 4.15. The van der Waals surface area contributed by atoms with Crippen molar-refractivity contribution in [1.82, 2.24) is 0 Å². The van der Waals surface area contributed by atoms with Gasteiger partial charge in [-0.3, -0.25) is 0 Å². The summed E-state index contributed by atoms with van der Waals surface area (Å²) < 4.78 is 39.0. The fourth-order valence-electron chi connectivity index (χ4n) is 1.54. The lowest BCUT2D eigenvalue weighted by Crippen LogP contribution is -2.09. The molecular formula is C10H6F3N. The quantitative estimate of drug-likeness (QED) is 0.678. The Bertz CT molecular complexity index is 406. The Labute approximate surface area is 78.8 Å². The van der Waals surface area contributed by atoms with Crippen LogP contribution in [0.1, 0.15) is 18.4 Å². The Morgan fingerprint density at radius 3 is 2.00 bits per heavy atom. The van der Waals surface area contributed by atoms with E-state index in [9.17, 15) is 13.2 Å². The first kappa shape index (κ1) is 9.07. The summed E-state index contributed by atoms with van der Waals surface area (Å²) in [6, 6.07) is 3.08. The Kier molecular flexibility index (Phi) is 1.78. The van der Waals surface area contributed by atoms with E-state index in [1.54, 1.807) is 0 Å². The van der Waals surface area contributed by atoms with Crippen LogP contribution >= 0.6 is 0 Å². The summed E-state index contributed by atoms with van der Waals surface area (Å²) in [5.74, 6) is -2.90. The summed E-state index contributed by atoms with van der Waals surface area (Å²) in [7, 11) is 0. The van der Waals surface area contributed by atoms with Gasteiger partial charge in [0.1, 0.15) is 17.5 Å². The highest BCUT2D eigenvalue weighted by atomic mass is 19.1. The van der Waals surface area contributed by atoms with Crippen molar-refractivity contribution in [1.29, 1.82) is 5.26 Å². The van der Waals surface area contributed by atoms with Crippen molar-refractivity contribution >= 4 is 0 Å². The highest BCUT2D eigenvalue weighted by Crippen LogP contribution is 2.49. The summed E-state index contributed by atoms with van der Waals surface area (Å²) in [6.07, 6.45) is 0.867.